The van der Waals surface area contributed by atoms with Crippen LogP contribution in [0, 0.1) is 23.0 Å². The summed E-state index contributed by atoms with van der Waals surface area (Å²) in [5.74, 6) is -5.51. The van der Waals surface area contributed by atoms with Crippen LogP contribution in [0.1, 0.15) is 74.7 Å². The number of aliphatic hydroxyl groups is 3. The van der Waals surface area contributed by atoms with E-state index in [1.807, 2.05) is 0 Å². The minimum Gasteiger partial charge on any atom is -0.633 e. The number of cyclic esters (lactones) is 1. The quantitative estimate of drug-likeness (QED) is 0.0988. The predicted molar refractivity (Wildman–Crippen MR) is 165 cm³/mol. The monoisotopic (exact) mass is 660 g/mol. The first-order chi connectivity index (χ1) is 21.1. The molecule has 14 nitrogen and oxygen atoms in total. The summed E-state index contributed by atoms with van der Waals surface area (Å²) in [6, 6.07) is -1.39. The average Bonchev–Trinajstić information content (AvgIpc) is 3.80. The molecule has 3 heterocycles. The third-order valence-corrected chi connectivity index (χ3v) is 9.85. The molecule has 0 radical (unpaired) electrons. The van der Waals surface area contributed by atoms with Crippen molar-refractivity contribution in [2.24, 2.45) is 17.8 Å². The number of ether oxygens (including phenoxy) is 5. The molecule has 0 aromatic heterocycles. The summed E-state index contributed by atoms with van der Waals surface area (Å²) in [5, 5.41) is 49.6. The molecule has 0 spiro atoms. The van der Waals surface area contributed by atoms with Gasteiger partial charge in [-0.15, -0.1) is 0 Å². The maximum atomic E-state index is 14.1. The first kappa shape index (κ1) is 38.7. The Kier molecular flexibility index (Phi) is 12.4. The van der Waals surface area contributed by atoms with Crippen LogP contribution in [0.5, 0.6) is 0 Å². The Morgan fingerprint density at radius 2 is 1.67 bits per heavy atom. The summed E-state index contributed by atoms with van der Waals surface area (Å²) in [5.41, 5.74) is -3.35. The van der Waals surface area contributed by atoms with Crippen LogP contribution in [-0.2, 0) is 38.1 Å². The van der Waals surface area contributed by atoms with Gasteiger partial charge in [0.2, 0.25) is 5.91 Å². The SMILES string of the molecule is CC[C@H]1OC(=O)[C@H](C)C(=O)[C@H](C)[C@@H](O[C@@H]2O[C@H](C)C[C@H]([N+](C)(C)[O-])[C@H]2O)[C@](C)(OCC2CO2)C[C@@H](C)NC(=O)[C@H](C)[C@@H](O)[C@]1(C)O. The molecule has 3 aliphatic heterocycles. The number of epoxide rings is 1. The van der Waals surface area contributed by atoms with Crippen molar-refractivity contribution in [1.82, 2.24) is 5.32 Å². The van der Waals surface area contributed by atoms with Crippen LogP contribution >= 0.6 is 0 Å². The number of carbonyl (C=O) groups excluding carboxylic acids is 3. The number of carbonyl (C=O) groups is 3. The second-order valence-corrected chi connectivity index (χ2v) is 14.5. The number of nitrogens with zero attached hydrogens (tertiary/aromatic N) is 1. The molecular formula is C32H56N2O12. The molecule has 3 fully saturated rings. The minimum atomic E-state index is -2.01. The zero-order valence-corrected chi connectivity index (χ0v) is 28.9. The van der Waals surface area contributed by atoms with Gasteiger partial charge in [0.1, 0.15) is 29.8 Å². The standard InChI is InChI=1S/C32H56N2O12/c1-11-23-32(8,40)26(37)20(6)28(38)33-16(2)13-31(7,43-15-21-14-42-21)27(18(4)24(35)19(5)29(39)45-23)46-30-25(36)22(34(9,10)41)12-17(3)44-30/h16-23,25-27,30,36-37,40H,11-15H2,1-10H3,(H,33,38)/t16-,17-,18+,19-,20-,21?,22+,23-,25-,26-,27-,30+,31-,32-/m1/s1. The zero-order chi connectivity index (χ0) is 34.9. The maximum Gasteiger partial charge on any atom is 0.316 e. The summed E-state index contributed by atoms with van der Waals surface area (Å²) in [4.78, 5) is 40.8. The Hall–Kier alpha value is -1.75. The summed E-state index contributed by atoms with van der Waals surface area (Å²) in [6.07, 6.45) is -6.82. The molecule has 46 heavy (non-hydrogen) atoms. The molecule has 1 amide bonds. The fourth-order valence-corrected chi connectivity index (χ4v) is 6.79. The largest absolute Gasteiger partial charge is 0.633 e. The molecule has 4 N–H and O–H groups in total. The normalized spacial score (nSPS) is 45.3. The van der Waals surface area contributed by atoms with Gasteiger partial charge in [-0.3, -0.25) is 14.4 Å². The van der Waals surface area contributed by atoms with Crippen molar-refractivity contribution in [2.45, 2.75) is 141 Å². The van der Waals surface area contributed by atoms with E-state index in [1.54, 1.807) is 34.6 Å². The van der Waals surface area contributed by atoms with E-state index in [0.717, 1.165) is 0 Å². The fourth-order valence-electron chi connectivity index (χ4n) is 6.79. The number of esters is 1. The van der Waals surface area contributed by atoms with Gasteiger partial charge in [-0.25, -0.2) is 0 Å². The molecule has 3 rings (SSSR count). The van der Waals surface area contributed by atoms with Gasteiger partial charge >= 0.3 is 5.97 Å². The van der Waals surface area contributed by atoms with Crippen LogP contribution in [-0.4, -0.2) is 131 Å². The van der Waals surface area contributed by atoms with Crippen LogP contribution < -0.4 is 5.32 Å². The van der Waals surface area contributed by atoms with Gasteiger partial charge in [-0.05, 0) is 47.5 Å². The second kappa shape index (κ2) is 14.8. The van der Waals surface area contributed by atoms with Crippen molar-refractivity contribution >= 4 is 17.7 Å². The zero-order valence-electron chi connectivity index (χ0n) is 28.9. The Bertz CT molecular complexity index is 1080. The summed E-state index contributed by atoms with van der Waals surface area (Å²) < 4.78 is 29.1. The lowest BCUT2D eigenvalue weighted by Crippen LogP contribution is -2.62. The topological polar surface area (TPSA) is 196 Å². The van der Waals surface area contributed by atoms with Crippen molar-refractivity contribution < 1.29 is 58.0 Å². The van der Waals surface area contributed by atoms with Crippen molar-refractivity contribution in [1.29, 1.82) is 0 Å². The van der Waals surface area contributed by atoms with Crippen molar-refractivity contribution in [3.63, 3.8) is 0 Å². The van der Waals surface area contributed by atoms with Crippen LogP contribution in [0.4, 0.5) is 0 Å². The maximum absolute atomic E-state index is 14.1. The van der Waals surface area contributed by atoms with Crippen molar-refractivity contribution in [3.05, 3.63) is 5.21 Å². The molecule has 0 aliphatic carbocycles. The van der Waals surface area contributed by atoms with Gasteiger partial charge in [-0.2, -0.15) is 0 Å². The van der Waals surface area contributed by atoms with Crippen LogP contribution in [0.2, 0.25) is 0 Å². The Morgan fingerprint density at radius 1 is 1.07 bits per heavy atom. The highest BCUT2D eigenvalue weighted by Crippen LogP contribution is 2.37. The van der Waals surface area contributed by atoms with E-state index >= 15 is 0 Å². The number of rotatable bonds is 7. The van der Waals surface area contributed by atoms with Gasteiger partial charge in [0.25, 0.3) is 0 Å². The second-order valence-electron chi connectivity index (χ2n) is 14.5. The lowest BCUT2D eigenvalue weighted by atomic mass is 9.79. The number of hydroxylamine groups is 3. The van der Waals surface area contributed by atoms with Crippen LogP contribution in [0.25, 0.3) is 0 Å². The molecule has 3 saturated heterocycles. The van der Waals surface area contributed by atoms with E-state index in [-0.39, 0.29) is 32.0 Å². The number of hydrogen-bond donors (Lipinski definition) is 4. The molecule has 0 aromatic carbocycles. The third kappa shape index (κ3) is 8.83. The highest BCUT2D eigenvalue weighted by Gasteiger charge is 2.52. The van der Waals surface area contributed by atoms with Gasteiger partial charge < -0.3 is 54.2 Å². The summed E-state index contributed by atoms with van der Waals surface area (Å²) >= 11 is 0. The number of aliphatic hydroxyl groups excluding tert-OH is 2. The van der Waals surface area contributed by atoms with E-state index in [4.69, 9.17) is 23.7 Å². The predicted octanol–water partition coefficient (Wildman–Crippen LogP) is 0.804. The number of amides is 1. The third-order valence-electron chi connectivity index (χ3n) is 9.85. The van der Waals surface area contributed by atoms with E-state index in [0.29, 0.717) is 6.61 Å². The molecule has 0 bridgehead atoms. The van der Waals surface area contributed by atoms with E-state index in [1.165, 1.54) is 34.9 Å². The van der Waals surface area contributed by atoms with Gasteiger partial charge in [0.15, 0.2) is 18.2 Å². The first-order valence-electron chi connectivity index (χ1n) is 16.4. The molecule has 14 heteroatoms. The number of nitrogens with one attached hydrogen (secondary N) is 1. The van der Waals surface area contributed by atoms with E-state index in [9.17, 15) is 34.9 Å². The average molecular weight is 661 g/mol. The molecule has 14 atom stereocenters. The molecule has 266 valence electrons. The van der Waals surface area contributed by atoms with Crippen LogP contribution in [0.15, 0.2) is 0 Å². The Labute approximate surface area is 272 Å². The lowest BCUT2D eigenvalue weighted by Gasteiger charge is -2.50. The molecule has 1 unspecified atom stereocenters. The summed E-state index contributed by atoms with van der Waals surface area (Å²) in [6.45, 7) is 13.2. The van der Waals surface area contributed by atoms with Crippen LogP contribution in [0.3, 0.4) is 0 Å². The van der Waals surface area contributed by atoms with Gasteiger partial charge in [0.05, 0.1) is 57.1 Å². The van der Waals surface area contributed by atoms with Gasteiger partial charge in [-0.1, -0.05) is 20.8 Å². The number of likely N-dealkylation sites (N-methyl/N-ethyl adjacent to an activating group) is 1. The lowest BCUT2D eigenvalue weighted by molar-refractivity contribution is -0.874. The highest BCUT2D eigenvalue weighted by molar-refractivity contribution is 6.00. The number of ketones is 1. The number of hydrogen-bond acceptors (Lipinski definition) is 12. The first-order valence-corrected chi connectivity index (χ1v) is 16.4. The van der Waals surface area contributed by atoms with Crippen molar-refractivity contribution in [2.75, 3.05) is 27.3 Å². The molecule has 0 aromatic rings. The number of Topliss-reactive ketones (excluding diaryl/α,β-unsaturated/α-hetero) is 1. The molecule has 3 aliphatic rings. The summed E-state index contributed by atoms with van der Waals surface area (Å²) in [7, 11) is 2.86. The van der Waals surface area contributed by atoms with E-state index < -0.39 is 100 Å². The Balaban J connectivity index is 2.10. The minimum absolute atomic E-state index is 0.0915. The fraction of sp³-hybridized carbons (Fsp3) is 0.906. The van der Waals surface area contributed by atoms with Crippen molar-refractivity contribution in [3.8, 4) is 0 Å². The Morgan fingerprint density at radius 3 is 2.22 bits per heavy atom. The highest BCUT2D eigenvalue weighted by atomic mass is 16.7. The smallest absolute Gasteiger partial charge is 0.316 e. The molecule has 0 saturated carbocycles. The number of quaternary nitrogens is 1. The molecular weight excluding hydrogens is 604 g/mol. The van der Waals surface area contributed by atoms with Gasteiger partial charge in [0, 0.05) is 18.4 Å². The van der Waals surface area contributed by atoms with E-state index in [2.05, 4.69) is 5.32 Å².